The van der Waals surface area contributed by atoms with E-state index < -0.39 is 0 Å². The molecule has 0 fully saturated rings. The molecule has 0 aromatic heterocycles. The molecule has 0 atom stereocenters. The Hall–Kier alpha value is -1.03. The SMILES string of the molecule is Cc1ccc(CNc2cccc(I)c2C)cc1C. The van der Waals surface area contributed by atoms with Crippen molar-refractivity contribution >= 4 is 28.3 Å². The quantitative estimate of drug-likeness (QED) is 0.781. The van der Waals surface area contributed by atoms with E-state index in [1.807, 2.05) is 0 Å². The first-order valence-electron chi connectivity index (χ1n) is 6.13. The highest BCUT2D eigenvalue weighted by Crippen LogP contribution is 2.21. The maximum absolute atomic E-state index is 3.51. The molecule has 1 N–H and O–H groups in total. The molecule has 0 radical (unpaired) electrons. The van der Waals surface area contributed by atoms with Gasteiger partial charge in [-0.3, -0.25) is 0 Å². The fourth-order valence-electron chi connectivity index (χ4n) is 1.91. The van der Waals surface area contributed by atoms with E-state index in [1.165, 1.54) is 31.5 Å². The van der Waals surface area contributed by atoms with Crippen LogP contribution in [-0.4, -0.2) is 0 Å². The van der Waals surface area contributed by atoms with Crippen molar-refractivity contribution in [2.24, 2.45) is 0 Å². The van der Waals surface area contributed by atoms with Gasteiger partial charge in [0.05, 0.1) is 0 Å². The number of hydrogen-bond donors (Lipinski definition) is 1. The second-order valence-electron chi connectivity index (χ2n) is 4.68. The second-order valence-corrected chi connectivity index (χ2v) is 5.85. The van der Waals surface area contributed by atoms with Gasteiger partial charge in [-0.1, -0.05) is 24.3 Å². The molecule has 0 amide bonds. The molecule has 2 aromatic carbocycles. The summed E-state index contributed by atoms with van der Waals surface area (Å²) in [4.78, 5) is 0. The third kappa shape index (κ3) is 3.05. The van der Waals surface area contributed by atoms with E-state index in [2.05, 4.69) is 85.1 Å². The molecular weight excluding hydrogens is 333 g/mol. The Morgan fingerprint density at radius 3 is 2.50 bits per heavy atom. The third-order valence-electron chi connectivity index (χ3n) is 3.32. The lowest BCUT2D eigenvalue weighted by Crippen LogP contribution is -2.02. The Labute approximate surface area is 123 Å². The van der Waals surface area contributed by atoms with Crippen molar-refractivity contribution in [3.05, 3.63) is 62.2 Å². The number of anilines is 1. The van der Waals surface area contributed by atoms with Crippen molar-refractivity contribution in [3.63, 3.8) is 0 Å². The number of nitrogens with one attached hydrogen (secondary N) is 1. The lowest BCUT2D eigenvalue weighted by Gasteiger charge is -2.11. The molecule has 1 nitrogen and oxygen atoms in total. The number of rotatable bonds is 3. The fraction of sp³-hybridized carbons (Fsp3) is 0.250. The average Bonchev–Trinajstić information content (AvgIpc) is 2.35. The lowest BCUT2D eigenvalue weighted by molar-refractivity contribution is 1.12. The van der Waals surface area contributed by atoms with Crippen molar-refractivity contribution in [3.8, 4) is 0 Å². The van der Waals surface area contributed by atoms with E-state index in [0.717, 1.165) is 6.54 Å². The summed E-state index contributed by atoms with van der Waals surface area (Å²) in [5, 5.41) is 3.51. The molecule has 0 saturated carbocycles. The predicted octanol–water partition coefficient (Wildman–Crippen LogP) is 4.83. The molecule has 94 valence electrons. The maximum atomic E-state index is 3.51. The topological polar surface area (TPSA) is 12.0 Å². The minimum absolute atomic E-state index is 0.877. The van der Waals surface area contributed by atoms with Crippen LogP contribution in [0, 0.1) is 24.3 Å². The molecule has 0 aliphatic rings. The first-order chi connectivity index (χ1) is 8.58. The average molecular weight is 351 g/mol. The highest BCUT2D eigenvalue weighted by molar-refractivity contribution is 14.1. The summed E-state index contributed by atoms with van der Waals surface area (Å²) < 4.78 is 1.30. The van der Waals surface area contributed by atoms with Gasteiger partial charge in [-0.15, -0.1) is 0 Å². The Bertz CT molecular complexity index is 561. The van der Waals surface area contributed by atoms with Crippen molar-refractivity contribution in [1.82, 2.24) is 0 Å². The van der Waals surface area contributed by atoms with Crippen LogP contribution in [0.1, 0.15) is 22.3 Å². The minimum atomic E-state index is 0.877. The van der Waals surface area contributed by atoms with Crippen molar-refractivity contribution < 1.29 is 0 Å². The van der Waals surface area contributed by atoms with Gasteiger partial charge < -0.3 is 5.32 Å². The van der Waals surface area contributed by atoms with Gasteiger partial charge in [0.25, 0.3) is 0 Å². The molecule has 0 aliphatic heterocycles. The summed E-state index contributed by atoms with van der Waals surface area (Å²) in [5.41, 5.74) is 6.58. The molecule has 0 heterocycles. The third-order valence-corrected chi connectivity index (χ3v) is 4.49. The Kier molecular flexibility index (Phi) is 4.27. The zero-order valence-electron chi connectivity index (χ0n) is 11.0. The van der Waals surface area contributed by atoms with Crippen LogP contribution in [0.5, 0.6) is 0 Å². The Balaban J connectivity index is 2.11. The van der Waals surface area contributed by atoms with Crippen LogP contribution in [0.15, 0.2) is 36.4 Å². The highest BCUT2D eigenvalue weighted by Gasteiger charge is 2.01. The van der Waals surface area contributed by atoms with Gasteiger partial charge >= 0.3 is 0 Å². The maximum Gasteiger partial charge on any atom is 0.0400 e. The number of hydrogen-bond acceptors (Lipinski definition) is 1. The van der Waals surface area contributed by atoms with E-state index in [-0.39, 0.29) is 0 Å². The van der Waals surface area contributed by atoms with Gasteiger partial charge in [-0.2, -0.15) is 0 Å². The standard InChI is InChI=1S/C16H18IN/c1-11-7-8-14(9-12(11)2)10-18-16-6-4-5-15(17)13(16)3/h4-9,18H,10H2,1-3H3. The van der Waals surface area contributed by atoms with Crippen LogP contribution in [0.4, 0.5) is 5.69 Å². The first kappa shape index (κ1) is 13.4. The molecule has 2 rings (SSSR count). The Morgan fingerprint density at radius 2 is 1.78 bits per heavy atom. The summed E-state index contributed by atoms with van der Waals surface area (Å²) in [5.74, 6) is 0. The summed E-state index contributed by atoms with van der Waals surface area (Å²) >= 11 is 2.37. The molecule has 0 bridgehead atoms. The van der Waals surface area contributed by atoms with E-state index in [4.69, 9.17) is 0 Å². The van der Waals surface area contributed by atoms with E-state index in [9.17, 15) is 0 Å². The summed E-state index contributed by atoms with van der Waals surface area (Å²) in [6.07, 6.45) is 0. The van der Waals surface area contributed by atoms with Crippen molar-refractivity contribution in [1.29, 1.82) is 0 Å². The Morgan fingerprint density at radius 1 is 1.00 bits per heavy atom. The van der Waals surface area contributed by atoms with Gasteiger partial charge in [0.2, 0.25) is 0 Å². The lowest BCUT2D eigenvalue weighted by atomic mass is 10.1. The molecule has 0 unspecified atom stereocenters. The molecular formula is C16H18IN. The molecule has 0 aliphatic carbocycles. The number of aryl methyl sites for hydroxylation is 2. The van der Waals surface area contributed by atoms with Crippen LogP contribution in [0.25, 0.3) is 0 Å². The highest BCUT2D eigenvalue weighted by atomic mass is 127. The van der Waals surface area contributed by atoms with Gasteiger partial charge in [-0.25, -0.2) is 0 Å². The number of benzene rings is 2. The van der Waals surface area contributed by atoms with Crippen molar-refractivity contribution in [2.75, 3.05) is 5.32 Å². The van der Waals surface area contributed by atoms with Gasteiger partial charge in [0.15, 0.2) is 0 Å². The zero-order valence-corrected chi connectivity index (χ0v) is 13.2. The van der Waals surface area contributed by atoms with Crippen LogP contribution in [0.2, 0.25) is 0 Å². The largest absolute Gasteiger partial charge is 0.381 e. The summed E-state index contributed by atoms with van der Waals surface area (Å²) in [6, 6.07) is 13.0. The molecule has 2 heteroatoms. The van der Waals surface area contributed by atoms with Crippen molar-refractivity contribution in [2.45, 2.75) is 27.3 Å². The minimum Gasteiger partial charge on any atom is -0.381 e. The molecule has 18 heavy (non-hydrogen) atoms. The molecule has 2 aromatic rings. The second kappa shape index (κ2) is 5.74. The fourth-order valence-corrected chi connectivity index (χ4v) is 2.41. The normalized spacial score (nSPS) is 10.4. The molecule has 0 saturated heterocycles. The van der Waals surface area contributed by atoms with Crippen LogP contribution in [0.3, 0.4) is 0 Å². The zero-order chi connectivity index (χ0) is 13.1. The smallest absolute Gasteiger partial charge is 0.0400 e. The van der Waals surface area contributed by atoms with Crippen LogP contribution >= 0.6 is 22.6 Å². The monoisotopic (exact) mass is 351 g/mol. The first-order valence-corrected chi connectivity index (χ1v) is 7.21. The van der Waals surface area contributed by atoms with Gasteiger partial charge in [-0.05, 0) is 77.7 Å². The van der Waals surface area contributed by atoms with Crippen LogP contribution in [-0.2, 0) is 6.54 Å². The summed E-state index contributed by atoms with van der Waals surface area (Å²) in [6.45, 7) is 7.35. The predicted molar refractivity (Wildman–Crippen MR) is 87.1 cm³/mol. The number of halogens is 1. The van der Waals surface area contributed by atoms with Gasteiger partial charge in [0.1, 0.15) is 0 Å². The van der Waals surface area contributed by atoms with E-state index in [1.54, 1.807) is 0 Å². The van der Waals surface area contributed by atoms with E-state index in [0.29, 0.717) is 0 Å². The molecule has 0 spiro atoms. The summed E-state index contributed by atoms with van der Waals surface area (Å²) in [7, 11) is 0. The van der Waals surface area contributed by atoms with E-state index >= 15 is 0 Å². The van der Waals surface area contributed by atoms with Crippen LogP contribution < -0.4 is 5.32 Å². The van der Waals surface area contributed by atoms with Gasteiger partial charge in [0, 0.05) is 15.8 Å².